The molecule has 0 aromatic carbocycles. The van der Waals surface area contributed by atoms with E-state index < -0.39 is 0 Å². The van der Waals surface area contributed by atoms with Gasteiger partial charge in [0.05, 0.1) is 23.7 Å². The molecule has 0 atom stereocenters. The highest BCUT2D eigenvalue weighted by molar-refractivity contribution is 5.34. The first-order valence-electron chi connectivity index (χ1n) is 7.13. The van der Waals surface area contributed by atoms with Gasteiger partial charge in [-0.05, 0) is 26.7 Å². The van der Waals surface area contributed by atoms with Crippen LogP contribution in [0.1, 0.15) is 31.0 Å². The van der Waals surface area contributed by atoms with Crippen molar-refractivity contribution in [3.05, 3.63) is 23.7 Å². The zero-order valence-electron chi connectivity index (χ0n) is 12.3. The molecule has 0 radical (unpaired) electrons. The molecular formula is C14H21N5O. The summed E-state index contributed by atoms with van der Waals surface area (Å²) in [7, 11) is 1.91. The molecule has 108 valence electrons. The standard InChI is InChI=1S/C14H21N5O/c1-4-19-9-12(7-16-19)20-14-13(8-15-11-5-6-11)10(2)17-18(14)3/h7,9,11,15H,4-6,8H2,1-3H3. The van der Waals surface area contributed by atoms with Crippen molar-refractivity contribution in [3.63, 3.8) is 0 Å². The van der Waals surface area contributed by atoms with Crippen LogP contribution in [0.15, 0.2) is 12.4 Å². The number of nitrogens with one attached hydrogen (secondary N) is 1. The van der Waals surface area contributed by atoms with E-state index in [9.17, 15) is 0 Å². The number of nitrogens with zero attached hydrogens (tertiary/aromatic N) is 4. The molecule has 1 N–H and O–H groups in total. The first-order valence-corrected chi connectivity index (χ1v) is 7.13. The van der Waals surface area contributed by atoms with E-state index in [1.807, 2.05) is 24.9 Å². The largest absolute Gasteiger partial charge is 0.436 e. The first-order chi connectivity index (χ1) is 9.67. The third kappa shape index (κ3) is 2.70. The molecule has 0 bridgehead atoms. The molecule has 1 aliphatic carbocycles. The molecule has 1 fully saturated rings. The van der Waals surface area contributed by atoms with E-state index in [2.05, 4.69) is 22.4 Å². The lowest BCUT2D eigenvalue weighted by molar-refractivity contribution is 0.423. The summed E-state index contributed by atoms with van der Waals surface area (Å²) < 4.78 is 9.62. The molecule has 0 spiro atoms. The molecule has 0 saturated heterocycles. The Balaban J connectivity index is 1.79. The Hall–Kier alpha value is -1.82. The van der Waals surface area contributed by atoms with Crippen LogP contribution in [0.3, 0.4) is 0 Å². The predicted molar refractivity (Wildman–Crippen MR) is 75.8 cm³/mol. The number of hydrogen-bond acceptors (Lipinski definition) is 4. The molecule has 2 aromatic rings. The summed E-state index contributed by atoms with van der Waals surface area (Å²) in [6, 6.07) is 0.672. The van der Waals surface area contributed by atoms with Crippen molar-refractivity contribution >= 4 is 0 Å². The summed E-state index contributed by atoms with van der Waals surface area (Å²) in [4.78, 5) is 0. The highest BCUT2D eigenvalue weighted by atomic mass is 16.5. The van der Waals surface area contributed by atoms with Crippen LogP contribution in [0, 0.1) is 6.92 Å². The number of aryl methyl sites for hydroxylation is 3. The topological polar surface area (TPSA) is 56.9 Å². The Bertz CT molecular complexity index is 597. The minimum atomic E-state index is 0.672. The average molecular weight is 275 g/mol. The molecular weight excluding hydrogens is 254 g/mol. The molecule has 0 unspecified atom stereocenters. The molecule has 2 heterocycles. The zero-order valence-corrected chi connectivity index (χ0v) is 12.3. The summed E-state index contributed by atoms with van der Waals surface area (Å²) in [6.07, 6.45) is 6.20. The Morgan fingerprint density at radius 2 is 2.25 bits per heavy atom. The van der Waals surface area contributed by atoms with E-state index in [-0.39, 0.29) is 0 Å². The second-order valence-corrected chi connectivity index (χ2v) is 5.28. The zero-order chi connectivity index (χ0) is 14.1. The molecule has 0 amide bonds. The summed E-state index contributed by atoms with van der Waals surface area (Å²) in [5.74, 6) is 1.55. The number of rotatable bonds is 6. The Morgan fingerprint density at radius 1 is 1.45 bits per heavy atom. The van der Waals surface area contributed by atoms with Crippen LogP contribution in [-0.2, 0) is 20.1 Å². The van der Waals surface area contributed by atoms with E-state index in [0.717, 1.165) is 36.0 Å². The van der Waals surface area contributed by atoms with Crippen LogP contribution in [-0.4, -0.2) is 25.6 Å². The van der Waals surface area contributed by atoms with E-state index >= 15 is 0 Å². The summed E-state index contributed by atoms with van der Waals surface area (Å²) in [5.41, 5.74) is 2.14. The van der Waals surface area contributed by atoms with Gasteiger partial charge >= 0.3 is 0 Å². The maximum atomic E-state index is 5.97. The average Bonchev–Trinajstić information content (AvgIpc) is 3.07. The van der Waals surface area contributed by atoms with Gasteiger partial charge in [0.2, 0.25) is 5.88 Å². The van der Waals surface area contributed by atoms with Crippen molar-refractivity contribution in [2.75, 3.05) is 0 Å². The van der Waals surface area contributed by atoms with Gasteiger partial charge in [-0.25, -0.2) is 4.68 Å². The molecule has 20 heavy (non-hydrogen) atoms. The fraction of sp³-hybridized carbons (Fsp3) is 0.571. The van der Waals surface area contributed by atoms with Crippen molar-refractivity contribution in [2.24, 2.45) is 7.05 Å². The number of ether oxygens (including phenoxy) is 1. The van der Waals surface area contributed by atoms with Crippen LogP contribution in [0.25, 0.3) is 0 Å². The minimum absolute atomic E-state index is 0.672. The van der Waals surface area contributed by atoms with Crippen LogP contribution in [0.5, 0.6) is 11.6 Å². The van der Waals surface area contributed by atoms with Gasteiger partial charge in [0.1, 0.15) is 0 Å². The third-order valence-corrected chi connectivity index (χ3v) is 3.58. The van der Waals surface area contributed by atoms with Gasteiger partial charge < -0.3 is 10.1 Å². The van der Waals surface area contributed by atoms with Gasteiger partial charge in [-0.1, -0.05) is 0 Å². The van der Waals surface area contributed by atoms with Crippen molar-refractivity contribution in [2.45, 2.75) is 45.8 Å². The first kappa shape index (κ1) is 13.2. The van der Waals surface area contributed by atoms with Crippen molar-refractivity contribution in [3.8, 4) is 11.6 Å². The van der Waals surface area contributed by atoms with E-state index in [1.165, 1.54) is 12.8 Å². The second kappa shape index (κ2) is 5.28. The summed E-state index contributed by atoms with van der Waals surface area (Å²) in [5, 5.41) is 12.2. The fourth-order valence-corrected chi connectivity index (χ4v) is 2.23. The van der Waals surface area contributed by atoms with Crippen LogP contribution in [0.2, 0.25) is 0 Å². The Morgan fingerprint density at radius 3 is 2.90 bits per heavy atom. The second-order valence-electron chi connectivity index (χ2n) is 5.28. The number of aromatic nitrogens is 4. The molecule has 6 heteroatoms. The highest BCUT2D eigenvalue weighted by Crippen LogP contribution is 2.28. The van der Waals surface area contributed by atoms with Crippen LogP contribution < -0.4 is 10.1 Å². The lowest BCUT2D eigenvalue weighted by Gasteiger charge is -2.07. The molecule has 3 rings (SSSR count). The normalized spacial score (nSPS) is 14.8. The highest BCUT2D eigenvalue weighted by Gasteiger charge is 2.23. The Labute approximate surface area is 118 Å². The SMILES string of the molecule is CCn1cc(Oc2c(CNC3CC3)c(C)nn2C)cn1. The lowest BCUT2D eigenvalue weighted by atomic mass is 10.2. The van der Waals surface area contributed by atoms with E-state index in [1.54, 1.807) is 10.9 Å². The monoisotopic (exact) mass is 275 g/mol. The van der Waals surface area contributed by atoms with Gasteiger partial charge in [0, 0.05) is 26.2 Å². The van der Waals surface area contributed by atoms with Gasteiger partial charge in [-0.15, -0.1) is 0 Å². The van der Waals surface area contributed by atoms with Crippen LogP contribution >= 0.6 is 0 Å². The summed E-state index contributed by atoms with van der Waals surface area (Å²) in [6.45, 7) is 5.72. The minimum Gasteiger partial charge on any atom is -0.436 e. The van der Waals surface area contributed by atoms with Gasteiger partial charge in [0.25, 0.3) is 0 Å². The molecule has 6 nitrogen and oxygen atoms in total. The fourth-order valence-electron chi connectivity index (χ4n) is 2.23. The van der Waals surface area contributed by atoms with Crippen LogP contribution in [0.4, 0.5) is 0 Å². The molecule has 1 aliphatic rings. The van der Waals surface area contributed by atoms with Gasteiger partial charge in [-0.2, -0.15) is 10.2 Å². The third-order valence-electron chi connectivity index (χ3n) is 3.58. The van der Waals surface area contributed by atoms with Crippen molar-refractivity contribution < 1.29 is 4.74 Å². The number of hydrogen-bond donors (Lipinski definition) is 1. The Kier molecular flexibility index (Phi) is 3.48. The maximum Gasteiger partial charge on any atom is 0.222 e. The lowest BCUT2D eigenvalue weighted by Crippen LogP contribution is -2.16. The quantitative estimate of drug-likeness (QED) is 0.876. The maximum absolute atomic E-state index is 5.97. The smallest absolute Gasteiger partial charge is 0.222 e. The van der Waals surface area contributed by atoms with Crippen molar-refractivity contribution in [1.82, 2.24) is 24.9 Å². The van der Waals surface area contributed by atoms with Crippen molar-refractivity contribution in [1.29, 1.82) is 0 Å². The van der Waals surface area contributed by atoms with Gasteiger partial charge in [0.15, 0.2) is 5.75 Å². The molecule has 0 aliphatic heterocycles. The van der Waals surface area contributed by atoms with E-state index in [4.69, 9.17) is 4.74 Å². The molecule has 2 aromatic heterocycles. The van der Waals surface area contributed by atoms with E-state index in [0.29, 0.717) is 6.04 Å². The predicted octanol–water partition coefficient (Wildman–Crippen LogP) is 1.99. The van der Waals surface area contributed by atoms with Gasteiger partial charge in [-0.3, -0.25) is 4.68 Å². The summed E-state index contributed by atoms with van der Waals surface area (Å²) >= 11 is 0. The molecule has 1 saturated carbocycles.